The normalized spacial score (nSPS) is 24.2. The van der Waals surface area contributed by atoms with Crippen molar-refractivity contribution >= 4 is 22.9 Å². The second kappa shape index (κ2) is 7.92. The average molecular weight is 423 g/mol. The van der Waals surface area contributed by atoms with Crippen molar-refractivity contribution in [2.75, 3.05) is 6.61 Å². The minimum Gasteiger partial charge on any atom is -0.454 e. The SMILES string of the molecule is CC(NC(=O)COC(=O)Cn1c(C(F)(F)F)nc2ccccc21)C1CC2CCC1C2. The van der Waals surface area contributed by atoms with E-state index < -0.39 is 37.0 Å². The van der Waals surface area contributed by atoms with E-state index in [4.69, 9.17) is 4.74 Å². The third-order valence-electron chi connectivity index (χ3n) is 6.38. The first-order valence-electron chi connectivity index (χ1n) is 10.2. The first-order chi connectivity index (χ1) is 14.2. The molecule has 9 heteroatoms. The number of alkyl halides is 3. The van der Waals surface area contributed by atoms with Gasteiger partial charge >= 0.3 is 12.1 Å². The summed E-state index contributed by atoms with van der Waals surface area (Å²) in [5, 5.41) is 2.87. The molecule has 2 aliphatic carbocycles. The Hall–Kier alpha value is -2.58. The van der Waals surface area contributed by atoms with E-state index in [9.17, 15) is 22.8 Å². The summed E-state index contributed by atoms with van der Waals surface area (Å²) in [6, 6.07) is 6.02. The van der Waals surface area contributed by atoms with Crippen molar-refractivity contribution in [2.45, 2.75) is 51.4 Å². The van der Waals surface area contributed by atoms with Crippen molar-refractivity contribution in [1.29, 1.82) is 0 Å². The van der Waals surface area contributed by atoms with Gasteiger partial charge in [-0.1, -0.05) is 18.6 Å². The minimum absolute atomic E-state index is 0.0130. The molecule has 2 aliphatic rings. The number of benzene rings is 1. The number of carbonyl (C=O) groups excluding carboxylic acids is 2. The van der Waals surface area contributed by atoms with Crippen LogP contribution in [0.3, 0.4) is 0 Å². The number of nitrogens with zero attached hydrogens (tertiary/aromatic N) is 2. The number of nitrogens with one attached hydrogen (secondary N) is 1. The molecule has 30 heavy (non-hydrogen) atoms. The van der Waals surface area contributed by atoms with Crippen molar-refractivity contribution in [1.82, 2.24) is 14.9 Å². The fourth-order valence-corrected chi connectivity index (χ4v) is 5.08. The van der Waals surface area contributed by atoms with Crippen LogP contribution >= 0.6 is 0 Å². The Morgan fingerprint density at radius 1 is 1.27 bits per heavy atom. The molecule has 0 radical (unpaired) electrons. The lowest BCUT2D eigenvalue weighted by Gasteiger charge is -2.28. The van der Waals surface area contributed by atoms with Crippen LogP contribution in [0.4, 0.5) is 13.2 Å². The molecule has 1 aromatic heterocycles. The zero-order valence-electron chi connectivity index (χ0n) is 16.6. The number of esters is 1. The number of imidazole rings is 1. The van der Waals surface area contributed by atoms with Gasteiger partial charge in [-0.3, -0.25) is 9.59 Å². The number of hydrogen-bond donors (Lipinski definition) is 1. The summed E-state index contributed by atoms with van der Waals surface area (Å²) in [7, 11) is 0. The topological polar surface area (TPSA) is 73.2 Å². The predicted octanol–water partition coefficient (Wildman–Crippen LogP) is 3.54. The summed E-state index contributed by atoms with van der Waals surface area (Å²) in [5.41, 5.74) is 0.311. The van der Waals surface area contributed by atoms with E-state index >= 15 is 0 Å². The fraction of sp³-hybridized carbons (Fsp3) is 0.571. The highest BCUT2D eigenvalue weighted by Gasteiger charge is 2.42. The van der Waals surface area contributed by atoms with Crippen LogP contribution in [0, 0.1) is 17.8 Å². The number of fused-ring (bicyclic) bond motifs is 3. The van der Waals surface area contributed by atoms with Crippen molar-refractivity contribution in [3.8, 4) is 0 Å². The van der Waals surface area contributed by atoms with E-state index in [2.05, 4.69) is 10.3 Å². The van der Waals surface area contributed by atoms with Crippen LogP contribution in [-0.4, -0.2) is 34.1 Å². The number of hydrogen-bond acceptors (Lipinski definition) is 4. The van der Waals surface area contributed by atoms with Gasteiger partial charge in [-0.15, -0.1) is 0 Å². The first kappa shape index (κ1) is 20.7. The Balaban J connectivity index is 1.34. The molecule has 4 unspecified atom stereocenters. The van der Waals surface area contributed by atoms with Gasteiger partial charge in [0, 0.05) is 6.04 Å². The maximum absolute atomic E-state index is 13.3. The molecule has 0 aliphatic heterocycles. The van der Waals surface area contributed by atoms with E-state index in [-0.39, 0.29) is 17.1 Å². The quantitative estimate of drug-likeness (QED) is 0.722. The van der Waals surface area contributed by atoms with Crippen LogP contribution in [0.1, 0.15) is 38.4 Å². The van der Waals surface area contributed by atoms with E-state index in [1.54, 1.807) is 12.1 Å². The largest absolute Gasteiger partial charge is 0.454 e. The highest BCUT2D eigenvalue weighted by Crippen LogP contribution is 2.49. The molecule has 6 nitrogen and oxygen atoms in total. The summed E-state index contributed by atoms with van der Waals surface area (Å²) in [5.74, 6) is -0.699. The number of para-hydroxylation sites is 2. The summed E-state index contributed by atoms with van der Waals surface area (Å²) < 4.78 is 45.6. The fourth-order valence-electron chi connectivity index (χ4n) is 5.08. The second-order valence-corrected chi connectivity index (χ2v) is 8.36. The lowest BCUT2D eigenvalue weighted by atomic mass is 9.84. The molecule has 1 aromatic carbocycles. The lowest BCUT2D eigenvalue weighted by molar-refractivity contribution is -0.153. The zero-order valence-corrected chi connectivity index (χ0v) is 16.6. The van der Waals surface area contributed by atoms with Crippen molar-refractivity contribution < 1.29 is 27.5 Å². The van der Waals surface area contributed by atoms with Crippen LogP contribution in [0.15, 0.2) is 24.3 Å². The molecule has 1 N–H and O–H groups in total. The van der Waals surface area contributed by atoms with E-state index in [1.807, 2.05) is 6.92 Å². The molecule has 2 saturated carbocycles. The van der Waals surface area contributed by atoms with Crippen molar-refractivity contribution in [3.05, 3.63) is 30.1 Å². The van der Waals surface area contributed by atoms with Gasteiger partial charge < -0.3 is 14.6 Å². The van der Waals surface area contributed by atoms with Crippen LogP contribution < -0.4 is 5.32 Å². The molecular formula is C21H24F3N3O3. The number of ether oxygens (including phenoxy) is 1. The number of rotatable bonds is 6. The molecule has 0 saturated heterocycles. The zero-order chi connectivity index (χ0) is 21.5. The van der Waals surface area contributed by atoms with E-state index in [1.165, 1.54) is 31.4 Å². The second-order valence-electron chi connectivity index (χ2n) is 8.36. The smallest absolute Gasteiger partial charge is 0.449 e. The average Bonchev–Trinajstić information content (AvgIpc) is 3.40. The summed E-state index contributed by atoms with van der Waals surface area (Å²) in [6.45, 7) is 0.765. The molecule has 2 fully saturated rings. The van der Waals surface area contributed by atoms with Crippen molar-refractivity contribution in [2.24, 2.45) is 17.8 Å². The minimum atomic E-state index is -4.72. The Morgan fingerprint density at radius 3 is 2.70 bits per heavy atom. The first-order valence-corrected chi connectivity index (χ1v) is 10.2. The molecular weight excluding hydrogens is 399 g/mol. The van der Waals surface area contributed by atoms with Gasteiger partial charge in [0.1, 0.15) is 6.54 Å². The molecule has 4 atom stereocenters. The van der Waals surface area contributed by atoms with Gasteiger partial charge in [0.2, 0.25) is 5.82 Å². The Bertz CT molecular complexity index is 956. The lowest BCUT2D eigenvalue weighted by Crippen LogP contribution is -2.42. The van der Waals surface area contributed by atoms with Gasteiger partial charge in [-0.25, -0.2) is 4.98 Å². The molecule has 1 heterocycles. The Morgan fingerprint density at radius 2 is 2.03 bits per heavy atom. The standard InChI is InChI=1S/C21H24F3N3O3/c1-12(15-9-13-6-7-14(15)8-13)25-18(28)11-30-19(29)10-27-17-5-3-2-4-16(17)26-20(27)21(22,23)24/h2-5,12-15H,6-11H2,1H3,(H,25,28). The maximum Gasteiger partial charge on any atom is 0.449 e. The van der Waals surface area contributed by atoms with Crippen LogP contribution in [0.2, 0.25) is 0 Å². The molecule has 2 aromatic rings. The summed E-state index contributed by atoms with van der Waals surface area (Å²) >= 11 is 0. The van der Waals surface area contributed by atoms with Gasteiger partial charge in [0.05, 0.1) is 11.0 Å². The molecule has 162 valence electrons. The Kier molecular flexibility index (Phi) is 5.46. The molecule has 2 bridgehead atoms. The maximum atomic E-state index is 13.3. The highest BCUT2D eigenvalue weighted by molar-refractivity contribution is 5.82. The van der Waals surface area contributed by atoms with Gasteiger partial charge in [0.15, 0.2) is 6.61 Å². The van der Waals surface area contributed by atoms with Crippen LogP contribution in [0.5, 0.6) is 0 Å². The van der Waals surface area contributed by atoms with E-state index in [0.29, 0.717) is 11.8 Å². The summed E-state index contributed by atoms with van der Waals surface area (Å²) in [6.07, 6.45) is 0.0834. The predicted molar refractivity (Wildman–Crippen MR) is 102 cm³/mol. The molecule has 1 amide bonds. The van der Waals surface area contributed by atoms with Gasteiger partial charge in [-0.2, -0.15) is 13.2 Å². The number of amides is 1. The van der Waals surface area contributed by atoms with Crippen LogP contribution in [-0.2, 0) is 27.0 Å². The monoisotopic (exact) mass is 423 g/mol. The van der Waals surface area contributed by atoms with Gasteiger partial charge in [0.25, 0.3) is 5.91 Å². The summed E-state index contributed by atoms with van der Waals surface area (Å²) in [4.78, 5) is 27.9. The number of halogens is 3. The number of aromatic nitrogens is 2. The third kappa shape index (κ3) is 4.15. The van der Waals surface area contributed by atoms with Gasteiger partial charge in [-0.05, 0) is 56.1 Å². The Labute approximate surface area is 171 Å². The van der Waals surface area contributed by atoms with Crippen molar-refractivity contribution in [3.63, 3.8) is 0 Å². The molecule has 4 rings (SSSR count). The van der Waals surface area contributed by atoms with E-state index in [0.717, 1.165) is 16.9 Å². The highest BCUT2D eigenvalue weighted by atomic mass is 19.4. The third-order valence-corrected chi connectivity index (χ3v) is 6.38. The van der Waals surface area contributed by atoms with Crippen LogP contribution in [0.25, 0.3) is 11.0 Å². The molecule has 0 spiro atoms. The number of carbonyl (C=O) groups is 2.